The van der Waals surface area contributed by atoms with Crippen molar-refractivity contribution in [2.75, 3.05) is 0 Å². The predicted octanol–water partition coefficient (Wildman–Crippen LogP) is 1.94. The number of hydrogen-bond acceptors (Lipinski definition) is 3. The van der Waals surface area contributed by atoms with Gasteiger partial charge in [0.05, 0.1) is 17.9 Å². The van der Waals surface area contributed by atoms with E-state index >= 15 is 0 Å². The molecule has 1 aliphatic heterocycles. The number of esters is 1. The van der Waals surface area contributed by atoms with E-state index in [1.807, 2.05) is 6.92 Å². The van der Waals surface area contributed by atoms with E-state index in [1.165, 1.54) is 0 Å². The molecule has 2 rings (SSSR count). The Balaban J connectivity index is 2.33. The molecule has 2 atom stereocenters. The molecule has 0 amide bonds. The highest BCUT2D eigenvalue weighted by atomic mass is 16.6. The van der Waals surface area contributed by atoms with Crippen LogP contribution < -0.4 is 0 Å². The van der Waals surface area contributed by atoms with Gasteiger partial charge in [-0.2, -0.15) is 5.26 Å². The topological polar surface area (TPSA) is 50.1 Å². The zero-order valence-electron chi connectivity index (χ0n) is 8.25. The van der Waals surface area contributed by atoms with Crippen molar-refractivity contribution in [1.29, 1.82) is 5.26 Å². The standard InChI is InChI=1S/C11H13NO2/c1-11-6-3-2-4-8(11)9(5-7-12)14-10(11)13/h4,9H,2-3,5-6H2,1H3/t9?,11-/m0/s1. The molecule has 0 aromatic rings. The maximum Gasteiger partial charge on any atom is 0.316 e. The van der Waals surface area contributed by atoms with Crippen molar-refractivity contribution in [3.05, 3.63) is 11.6 Å². The number of ether oxygens (including phenoxy) is 1. The van der Waals surface area contributed by atoms with Crippen molar-refractivity contribution in [1.82, 2.24) is 0 Å². The van der Waals surface area contributed by atoms with E-state index in [1.54, 1.807) is 0 Å². The lowest BCUT2D eigenvalue weighted by atomic mass is 9.73. The van der Waals surface area contributed by atoms with Crippen LogP contribution in [-0.2, 0) is 9.53 Å². The van der Waals surface area contributed by atoms with Crippen LogP contribution in [0.4, 0.5) is 0 Å². The lowest BCUT2D eigenvalue weighted by Crippen LogP contribution is -2.26. The minimum atomic E-state index is -0.431. The first-order chi connectivity index (χ1) is 6.68. The molecule has 14 heavy (non-hydrogen) atoms. The smallest absolute Gasteiger partial charge is 0.316 e. The number of rotatable bonds is 1. The molecule has 1 fully saturated rings. The molecule has 1 aliphatic carbocycles. The fourth-order valence-electron chi connectivity index (χ4n) is 2.35. The minimum absolute atomic E-state index is 0.149. The monoisotopic (exact) mass is 191 g/mol. The van der Waals surface area contributed by atoms with Gasteiger partial charge in [0.25, 0.3) is 0 Å². The zero-order chi connectivity index (χ0) is 10.2. The quantitative estimate of drug-likeness (QED) is 0.470. The average Bonchev–Trinajstić information content (AvgIpc) is 2.41. The van der Waals surface area contributed by atoms with Crippen LogP contribution in [0.3, 0.4) is 0 Å². The summed E-state index contributed by atoms with van der Waals surface area (Å²) in [5.74, 6) is -0.149. The molecule has 74 valence electrons. The van der Waals surface area contributed by atoms with E-state index in [4.69, 9.17) is 10.00 Å². The van der Waals surface area contributed by atoms with Gasteiger partial charge in [-0.25, -0.2) is 0 Å². The van der Waals surface area contributed by atoms with Gasteiger partial charge < -0.3 is 4.74 Å². The normalized spacial score (nSPS) is 35.6. The van der Waals surface area contributed by atoms with Gasteiger partial charge in [0, 0.05) is 0 Å². The Morgan fingerprint density at radius 1 is 1.79 bits per heavy atom. The maximum absolute atomic E-state index is 11.6. The van der Waals surface area contributed by atoms with Crippen molar-refractivity contribution in [3.63, 3.8) is 0 Å². The van der Waals surface area contributed by atoms with Crippen LogP contribution in [0.25, 0.3) is 0 Å². The minimum Gasteiger partial charge on any atom is -0.456 e. The first-order valence-corrected chi connectivity index (χ1v) is 4.97. The van der Waals surface area contributed by atoms with E-state index in [9.17, 15) is 4.79 Å². The van der Waals surface area contributed by atoms with Crippen LogP contribution in [0.5, 0.6) is 0 Å². The Hall–Kier alpha value is -1.30. The van der Waals surface area contributed by atoms with E-state index in [2.05, 4.69) is 12.1 Å². The lowest BCUT2D eigenvalue weighted by Gasteiger charge is -2.25. The molecule has 0 N–H and O–H groups in total. The number of nitrogens with zero attached hydrogens (tertiary/aromatic N) is 1. The molecular weight excluding hydrogens is 178 g/mol. The summed E-state index contributed by atoms with van der Waals surface area (Å²) < 4.78 is 5.22. The number of cyclic esters (lactones) is 1. The number of carbonyl (C=O) groups excluding carboxylic acids is 1. The molecule has 1 heterocycles. The molecule has 0 aromatic heterocycles. The molecule has 3 nitrogen and oxygen atoms in total. The predicted molar refractivity (Wildman–Crippen MR) is 50.2 cm³/mol. The summed E-state index contributed by atoms with van der Waals surface area (Å²) in [6.45, 7) is 1.93. The maximum atomic E-state index is 11.6. The molecule has 0 saturated carbocycles. The van der Waals surface area contributed by atoms with Gasteiger partial charge in [-0.3, -0.25) is 4.79 Å². The lowest BCUT2D eigenvalue weighted by molar-refractivity contribution is -0.148. The molecule has 3 heteroatoms. The number of nitriles is 1. The SMILES string of the molecule is C[C@]12CCCC=C1C(CC#N)OC2=O. The number of carbonyl (C=O) groups is 1. The van der Waals surface area contributed by atoms with Crippen LogP contribution in [0, 0.1) is 16.7 Å². The Labute approximate surface area is 83.4 Å². The van der Waals surface area contributed by atoms with Crippen LogP contribution in [0.15, 0.2) is 11.6 Å². The van der Waals surface area contributed by atoms with E-state index in [0.717, 1.165) is 24.8 Å². The second-order valence-electron chi connectivity index (χ2n) is 4.14. The fourth-order valence-corrected chi connectivity index (χ4v) is 2.35. The zero-order valence-corrected chi connectivity index (χ0v) is 8.25. The molecular formula is C11H13NO2. The molecule has 0 aromatic carbocycles. The van der Waals surface area contributed by atoms with Crippen molar-refractivity contribution in [2.24, 2.45) is 5.41 Å². The largest absolute Gasteiger partial charge is 0.456 e. The summed E-state index contributed by atoms with van der Waals surface area (Å²) in [5, 5.41) is 8.62. The van der Waals surface area contributed by atoms with E-state index in [0.29, 0.717) is 0 Å². The summed E-state index contributed by atoms with van der Waals surface area (Å²) in [5.41, 5.74) is 0.607. The average molecular weight is 191 g/mol. The Morgan fingerprint density at radius 2 is 2.57 bits per heavy atom. The first-order valence-electron chi connectivity index (χ1n) is 4.97. The molecule has 0 radical (unpaired) electrons. The van der Waals surface area contributed by atoms with Crippen LogP contribution in [-0.4, -0.2) is 12.1 Å². The Morgan fingerprint density at radius 3 is 3.29 bits per heavy atom. The van der Waals surface area contributed by atoms with Crippen molar-refractivity contribution < 1.29 is 9.53 Å². The number of hydrogen-bond donors (Lipinski definition) is 0. The van der Waals surface area contributed by atoms with Gasteiger partial charge >= 0.3 is 5.97 Å². The van der Waals surface area contributed by atoms with Crippen LogP contribution >= 0.6 is 0 Å². The van der Waals surface area contributed by atoms with E-state index in [-0.39, 0.29) is 18.5 Å². The summed E-state index contributed by atoms with van der Waals surface area (Å²) >= 11 is 0. The Kier molecular flexibility index (Phi) is 2.07. The third-order valence-electron chi connectivity index (χ3n) is 3.21. The first kappa shape index (κ1) is 9.26. The van der Waals surface area contributed by atoms with Gasteiger partial charge in [0.1, 0.15) is 6.10 Å². The van der Waals surface area contributed by atoms with Gasteiger partial charge in [-0.1, -0.05) is 6.08 Å². The molecule has 2 aliphatic rings. The van der Waals surface area contributed by atoms with Gasteiger partial charge in [-0.15, -0.1) is 0 Å². The second-order valence-corrected chi connectivity index (χ2v) is 4.14. The third kappa shape index (κ3) is 1.14. The van der Waals surface area contributed by atoms with E-state index < -0.39 is 5.41 Å². The molecule has 0 bridgehead atoms. The molecule has 1 unspecified atom stereocenters. The van der Waals surface area contributed by atoms with Gasteiger partial charge in [0.15, 0.2) is 0 Å². The highest BCUT2D eigenvalue weighted by Crippen LogP contribution is 2.46. The third-order valence-corrected chi connectivity index (χ3v) is 3.21. The number of fused-ring (bicyclic) bond motifs is 1. The highest BCUT2D eigenvalue weighted by molar-refractivity contribution is 5.84. The highest BCUT2D eigenvalue weighted by Gasteiger charge is 2.50. The summed E-state index contributed by atoms with van der Waals surface area (Å²) in [6, 6.07) is 2.06. The van der Waals surface area contributed by atoms with Crippen molar-refractivity contribution >= 4 is 5.97 Å². The van der Waals surface area contributed by atoms with Gasteiger partial charge in [-0.05, 0) is 31.8 Å². The van der Waals surface area contributed by atoms with Crippen molar-refractivity contribution in [3.8, 4) is 6.07 Å². The summed E-state index contributed by atoms with van der Waals surface area (Å²) in [7, 11) is 0. The summed E-state index contributed by atoms with van der Waals surface area (Å²) in [6.07, 6.45) is 4.99. The van der Waals surface area contributed by atoms with Crippen molar-refractivity contribution in [2.45, 2.75) is 38.7 Å². The molecule has 0 spiro atoms. The van der Waals surface area contributed by atoms with Crippen LogP contribution in [0.1, 0.15) is 32.6 Å². The fraction of sp³-hybridized carbons (Fsp3) is 0.636. The summed E-state index contributed by atoms with van der Waals surface area (Å²) in [4.78, 5) is 11.6. The van der Waals surface area contributed by atoms with Crippen LogP contribution in [0.2, 0.25) is 0 Å². The molecule has 1 saturated heterocycles. The van der Waals surface area contributed by atoms with Gasteiger partial charge in [0.2, 0.25) is 0 Å². The number of allylic oxidation sites excluding steroid dienone is 1. The Bertz CT molecular complexity index is 340. The second kappa shape index (κ2) is 3.13.